The molecule has 0 radical (unpaired) electrons. The second-order valence-electron chi connectivity index (χ2n) is 4.54. The molecule has 6 heteroatoms. The monoisotopic (exact) mass is 263 g/mol. The molecule has 0 saturated carbocycles. The van der Waals surface area contributed by atoms with Gasteiger partial charge in [-0.25, -0.2) is 4.98 Å². The molecule has 0 amide bonds. The molecule has 100 valence electrons. The fourth-order valence-corrected chi connectivity index (χ4v) is 2.21. The van der Waals surface area contributed by atoms with Crippen molar-refractivity contribution in [2.75, 3.05) is 13.1 Å². The third kappa shape index (κ3) is 3.08. The van der Waals surface area contributed by atoms with Crippen molar-refractivity contribution in [3.8, 4) is 5.88 Å². The first kappa shape index (κ1) is 12.1. The van der Waals surface area contributed by atoms with Crippen LogP contribution in [-0.4, -0.2) is 34.1 Å². The number of nitrogens with zero attached hydrogens (tertiary/aromatic N) is 3. The number of rotatable bonds is 4. The fourth-order valence-electron chi connectivity index (χ4n) is 2.21. The molecule has 1 aliphatic rings. The average Bonchev–Trinajstić information content (AvgIpc) is 3.02. The number of pyridine rings is 1. The summed E-state index contributed by atoms with van der Waals surface area (Å²) < 4.78 is 23.6. The van der Waals surface area contributed by atoms with Gasteiger partial charge in [-0.2, -0.15) is 9.37 Å². The van der Waals surface area contributed by atoms with E-state index < -0.39 is 5.95 Å². The molecule has 1 saturated heterocycles. The molecule has 0 spiro atoms. The van der Waals surface area contributed by atoms with Gasteiger partial charge in [-0.3, -0.25) is 4.90 Å². The zero-order chi connectivity index (χ0) is 13.1. The number of likely N-dealkylation sites (tertiary alicyclic amines) is 1. The molecule has 3 rings (SSSR count). The van der Waals surface area contributed by atoms with Gasteiger partial charge >= 0.3 is 0 Å². The summed E-state index contributed by atoms with van der Waals surface area (Å²) in [6, 6.07) is 4.57. The second-order valence-corrected chi connectivity index (χ2v) is 4.54. The first-order chi connectivity index (χ1) is 9.29. The summed E-state index contributed by atoms with van der Waals surface area (Å²) in [5.41, 5.74) is 0.907. The van der Waals surface area contributed by atoms with Gasteiger partial charge in [0.25, 0.3) is 0 Å². The Morgan fingerprint density at radius 1 is 1.47 bits per heavy atom. The van der Waals surface area contributed by atoms with Gasteiger partial charge in [0, 0.05) is 25.7 Å². The molecule has 2 aromatic heterocycles. The van der Waals surface area contributed by atoms with E-state index in [2.05, 4.69) is 14.9 Å². The van der Waals surface area contributed by atoms with E-state index in [-0.39, 0.29) is 6.10 Å². The molecule has 0 aromatic carbocycles. The molecule has 3 heterocycles. The van der Waals surface area contributed by atoms with Crippen molar-refractivity contribution >= 4 is 0 Å². The molecular weight excluding hydrogens is 249 g/mol. The van der Waals surface area contributed by atoms with E-state index in [1.807, 2.05) is 0 Å². The third-order valence-electron chi connectivity index (χ3n) is 3.08. The maximum Gasteiger partial charge on any atom is 0.216 e. The minimum absolute atomic E-state index is 0.0428. The van der Waals surface area contributed by atoms with Crippen LogP contribution in [-0.2, 0) is 6.54 Å². The second kappa shape index (κ2) is 5.36. The van der Waals surface area contributed by atoms with Crippen LogP contribution in [0.15, 0.2) is 35.3 Å². The molecule has 1 atom stereocenters. The van der Waals surface area contributed by atoms with E-state index in [9.17, 15) is 4.39 Å². The van der Waals surface area contributed by atoms with E-state index >= 15 is 0 Å². The SMILES string of the molecule is Fc1cccc(OC2CCN(Cc3cocn3)C2)n1. The van der Waals surface area contributed by atoms with Crippen LogP contribution in [0, 0.1) is 5.95 Å². The highest BCUT2D eigenvalue weighted by Crippen LogP contribution is 2.18. The normalized spacial score (nSPS) is 19.7. The third-order valence-corrected chi connectivity index (χ3v) is 3.08. The molecule has 1 fully saturated rings. The fraction of sp³-hybridized carbons (Fsp3) is 0.385. The summed E-state index contributed by atoms with van der Waals surface area (Å²) in [6.07, 6.45) is 4.01. The summed E-state index contributed by atoms with van der Waals surface area (Å²) in [6.45, 7) is 2.45. The number of halogens is 1. The Labute approximate surface area is 110 Å². The van der Waals surface area contributed by atoms with Crippen LogP contribution in [0.3, 0.4) is 0 Å². The van der Waals surface area contributed by atoms with Crippen LogP contribution in [0.1, 0.15) is 12.1 Å². The Morgan fingerprint density at radius 2 is 2.42 bits per heavy atom. The summed E-state index contributed by atoms with van der Waals surface area (Å²) in [5.74, 6) is -0.178. The Bertz CT molecular complexity index is 532. The van der Waals surface area contributed by atoms with Crippen molar-refractivity contribution in [2.45, 2.75) is 19.1 Å². The largest absolute Gasteiger partial charge is 0.473 e. The maximum absolute atomic E-state index is 12.9. The van der Waals surface area contributed by atoms with Gasteiger partial charge in [0.1, 0.15) is 12.4 Å². The van der Waals surface area contributed by atoms with Crippen LogP contribution >= 0.6 is 0 Å². The van der Waals surface area contributed by atoms with Crippen molar-refractivity contribution in [1.29, 1.82) is 0 Å². The Balaban J connectivity index is 1.54. The maximum atomic E-state index is 12.9. The highest BCUT2D eigenvalue weighted by Gasteiger charge is 2.24. The first-order valence-corrected chi connectivity index (χ1v) is 6.18. The van der Waals surface area contributed by atoms with Crippen LogP contribution in [0.4, 0.5) is 4.39 Å². The number of ether oxygens (including phenoxy) is 1. The van der Waals surface area contributed by atoms with Crippen molar-refractivity contribution in [3.05, 3.63) is 42.5 Å². The van der Waals surface area contributed by atoms with Gasteiger partial charge in [-0.05, 0) is 12.5 Å². The van der Waals surface area contributed by atoms with Gasteiger partial charge in [0.15, 0.2) is 6.39 Å². The van der Waals surface area contributed by atoms with Crippen LogP contribution < -0.4 is 4.74 Å². The lowest BCUT2D eigenvalue weighted by Crippen LogP contribution is -2.24. The van der Waals surface area contributed by atoms with Gasteiger partial charge in [-0.15, -0.1) is 0 Å². The lowest BCUT2D eigenvalue weighted by Gasteiger charge is -2.15. The molecule has 0 aliphatic carbocycles. The van der Waals surface area contributed by atoms with Crippen molar-refractivity contribution in [2.24, 2.45) is 0 Å². The summed E-state index contributed by atoms with van der Waals surface area (Å²) in [5, 5.41) is 0. The molecule has 1 unspecified atom stereocenters. The minimum Gasteiger partial charge on any atom is -0.473 e. The van der Waals surface area contributed by atoms with Crippen LogP contribution in [0.2, 0.25) is 0 Å². The highest BCUT2D eigenvalue weighted by atomic mass is 19.1. The molecule has 0 N–H and O–H groups in total. The van der Waals surface area contributed by atoms with E-state index in [4.69, 9.17) is 9.15 Å². The van der Waals surface area contributed by atoms with Crippen molar-refractivity contribution in [3.63, 3.8) is 0 Å². The predicted octanol–water partition coefficient (Wildman–Crippen LogP) is 1.86. The average molecular weight is 263 g/mol. The van der Waals surface area contributed by atoms with E-state index in [1.165, 1.54) is 12.5 Å². The van der Waals surface area contributed by atoms with E-state index in [0.717, 1.165) is 31.7 Å². The van der Waals surface area contributed by atoms with Crippen molar-refractivity contribution in [1.82, 2.24) is 14.9 Å². The Kier molecular flexibility index (Phi) is 3.41. The predicted molar refractivity (Wildman–Crippen MR) is 65.0 cm³/mol. The van der Waals surface area contributed by atoms with Gasteiger partial charge < -0.3 is 9.15 Å². The minimum atomic E-state index is -0.519. The Hall–Kier alpha value is -1.95. The number of aromatic nitrogens is 2. The van der Waals surface area contributed by atoms with Crippen LogP contribution in [0.5, 0.6) is 5.88 Å². The van der Waals surface area contributed by atoms with Gasteiger partial charge in [0.2, 0.25) is 11.8 Å². The summed E-state index contributed by atoms with van der Waals surface area (Å²) >= 11 is 0. The zero-order valence-corrected chi connectivity index (χ0v) is 10.3. The molecule has 5 nitrogen and oxygen atoms in total. The molecular formula is C13H14FN3O2. The Morgan fingerprint density at radius 3 is 3.21 bits per heavy atom. The molecule has 1 aliphatic heterocycles. The number of hydrogen-bond acceptors (Lipinski definition) is 5. The lowest BCUT2D eigenvalue weighted by molar-refractivity contribution is 0.189. The molecule has 2 aromatic rings. The number of hydrogen-bond donors (Lipinski definition) is 0. The standard InChI is InChI=1S/C13H14FN3O2/c14-12-2-1-3-13(16-12)19-11-4-5-17(7-11)6-10-8-18-9-15-10/h1-3,8-9,11H,4-7H2. The quantitative estimate of drug-likeness (QED) is 0.788. The summed E-state index contributed by atoms with van der Waals surface area (Å²) in [7, 11) is 0. The van der Waals surface area contributed by atoms with Crippen molar-refractivity contribution < 1.29 is 13.5 Å². The van der Waals surface area contributed by atoms with E-state index in [1.54, 1.807) is 18.4 Å². The smallest absolute Gasteiger partial charge is 0.216 e. The topological polar surface area (TPSA) is 51.4 Å². The van der Waals surface area contributed by atoms with Gasteiger partial charge in [0.05, 0.1) is 5.69 Å². The molecule has 19 heavy (non-hydrogen) atoms. The lowest BCUT2D eigenvalue weighted by atomic mass is 10.3. The zero-order valence-electron chi connectivity index (χ0n) is 10.3. The van der Waals surface area contributed by atoms with Crippen LogP contribution in [0.25, 0.3) is 0 Å². The number of oxazole rings is 1. The molecule has 0 bridgehead atoms. The first-order valence-electron chi connectivity index (χ1n) is 6.18. The summed E-state index contributed by atoms with van der Waals surface area (Å²) in [4.78, 5) is 10.0. The van der Waals surface area contributed by atoms with E-state index in [0.29, 0.717) is 5.88 Å². The van der Waals surface area contributed by atoms with Gasteiger partial charge in [-0.1, -0.05) is 6.07 Å². The highest BCUT2D eigenvalue weighted by molar-refractivity contribution is 5.11.